The molecular weight excluding hydrogens is 311 g/mol. The molecule has 1 aromatic heterocycles. The van der Waals surface area contributed by atoms with Gasteiger partial charge in [0.25, 0.3) is 0 Å². The van der Waals surface area contributed by atoms with Crippen LogP contribution < -0.4 is 10.1 Å². The number of pyridine rings is 1. The van der Waals surface area contributed by atoms with Crippen LogP contribution in [0, 0.1) is 0 Å². The highest BCUT2D eigenvalue weighted by atomic mass is 19.4. The maximum Gasteiger partial charge on any atom is 0.417 e. The summed E-state index contributed by atoms with van der Waals surface area (Å²) < 4.78 is 43.0. The molecule has 8 heteroatoms. The molecule has 0 aromatic carbocycles. The number of likely N-dealkylation sites (tertiary alicyclic amines) is 1. The second-order valence-electron chi connectivity index (χ2n) is 5.84. The third kappa shape index (κ3) is 3.74. The van der Waals surface area contributed by atoms with Crippen molar-refractivity contribution >= 4 is 5.91 Å². The quantitative estimate of drug-likeness (QED) is 0.919. The van der Waals surface area contributed by atoms with Crippen molar-refractivity contribution in [1.82, 2.24) is 15.2 Å². The highest BCUT2D eigenvalue weighted by molar-refractivity contribution is 5.82. The molecule has 1 N–H and O–H groups in total. The minimum Gasteiger partial charge on any atom is -0.472 e. The Balaban J connectivity index is 1.54. The molecule has 0 saturated carbocycles. The van der Waals surface area contributed by atoms with E-state index < -0.39 is 11.7 Å². The predicted octanol–water partition coefficient (Wildman–Crippen LogP) is 1.83. The summed E-state index contributed by atoms with van der Waals surface area (Å²) in [7, 11) is 0. The van der Waals surface area contributed by atoms with Crippen LogP contribution in [0.25, 0.3) is 0 Å². The van der Waals surface area contributed by atoms with E-state index in [0.29, 0.717) is 19.5 Å². The molecule has 0 bridgehead atoms. The second-order valence-corrected chi connectivity index (χ2v) is 5.84. The van der Waals surface area contributed by atoms with Crippen LogP contribution in [0.15, 0.2) is 18.3 Å². The van der Waals surface area contributed by atoms with E-state index in [1.54, 1.807) is 4.90 Å². The van der Waals surface area contributed by atoms with Crippen molar-refractivity contribution in [2.45, 2.75) is 37.6 Å². The monoisotopic (exact) mass is 329 g/mol. The average Bonchev–Trinajstić information content (AvgIpc) is 3.18. The fourth-order valence-electron chi connectivity index (χ4n) is 2.93. The third-order valence-corrected chi connectivity index (χ3v) is 4.17. The first kappa shape index (κ1) is 16.0. The zero-order valence-corrected chi connectivity index (χ0v) is 12.5. The van der Waals surface area contributed by atoms with E-state index in [4.69, 9.17) is 4.74 Å². The summed E-state index contributed by atoms with van der Waals surface area (Å²) >= 11 is 0. The summed E-state index contributed by atoms with van der Waals surface area (Å²) in [5, 5.41) is 3.17. The highest BCUT2D eigenvalue weighted by Crippen LogP contribution is 2.29. The zero-order valence-electron chi connectivity index (χ0n) is 12.5. The number of aromatic nitrogens is 1. The molecule has 3 heterocycles. The number of carbonyl (C=O) groups excluding carboxylic acids is 1. The van der Waals surface area contributed by atoms with Crippen LogP contribution in [0.5, 0.6) is 5.88 Å². The summed E-state index contributed by atoms with van der Waals surface area (Å²) in [5.41, 5.74) is -0.805. The maximum absolute atomic E-state index is 12.5. The lowest BCUT2D eigenvalue weighted by Crippen LogP contribution is -2.43. The summed E-state index contributed by atoms with van der Waals surface area (Å²) in [5.74, 6) is 0.227. The van der Waals surface area contributed by atoms with E-state index in [-0.39, 0.29) is 23.9 Å². The standard InChI is InChI=1S/C15H18F3N3O2/c16-15(17,18)10-3-4-13(20-8-10)23-11-5-7-21(9-11)14(22)12-2-1-6-19-12/h3-4,8,11-12,19H,1-2,5-7,9H2/t11-,12+/m1/s1. The van der Waals surface area contributed by atoms with Crippen molar-refractivity contribution in [1.29, 1.82) is 0 Å². The fraction of sp³-hybridized carbons (Fsp3) is 0.600. The molecular formula is C15H18F3N3O2. The normalized spacial score (nSPS) is 24.9. The van der Waals surface area contributed by atoms with E-state index in [2.05, 4.69) is 10.3 Å². The van der Waals surface area contributed by atoms with Crippen molar-refractivity contribution in [2.24, 2.45) is 0 Å². The maximum atomic E-state index is 12.5. The number of hydrogen-bond donors (Lipinski definition) is 1. The van der Waals surface area contributed by atoms with Gasteiger partial charge in [-0.05, 0) is 25.5 Å². The van der Waals surface area contributed by atoms with Gasteiger partial charge in [0.05, 0.1) is 18.2 Å². The number of halogens is 3. The number of ether oxygens (including phenoxy) is 1. The van der Waals surface area contributed by atoms with Crippen molar-refractivity contribution in [3.8, 4) is 5.88 Å². The van der Waals surface area contributed by atoms with Gasteiger partial charge in [0, 0.05) is 25.2 Å². The lowest BCUT2D eigenvalue weighted by Gasteiger charge is -2.20. The molecule has 0 spiro atoms. The van der Waals surface area contributed by atoms with E-state index in [9.17, 15) is 18.0 Å². The second kappa shape index (κ2) is 6.35. The summed E-state index contributed by atoms with van der Waals surface area (Å²) in [4.78, 5) is 17.7. The van der Waals surface area contributed by atoms with Gasteiger partial charge in [-0.1, -0.05) is 0 Å². The summed E-state index contributed by atoms with van der Waals surface area (Å²) in [6, 6.07) is 2.05. The first-order valence-corrected chi connectivity index (χ1v) is 7.65. The van der Waals surface area contributed by atoms with Crippen molar-refractivity contribution in [3.05, 3.63) is 23.9 Å². The summed E-state index contributed by atoms with van der Waals surface area (Å²) in [6.45, 7) is 1.90. The number of nitrogens with one attached hydrogen (secondary N) is 1. The van der Waals surface area contributed by atoms with Crippen LogP contribution in [0.2, 0.25) is 0 Å². The van der Waals surface area contributed by atoms with Gasteiger partial charge in [-0.3, -0.25) is 4.79 Å². The Hall–Kier alpha value is -1.83. The van der Waals surface area contributed by atoms with Crippen molar-refractivity contribution in [3.63, 3.8) is 0 Å². The largest absolute Gasteiger partial charge is 0.472 e. The number of rotatable bonds is 3. The molecule has 2 aliphatic rings. The van der Waals surface area contributed by atoms with Gasteiger partial charge in [0.15, 0.2) is 0 Å². The molecule has 0 unspecified atom stereocenters. The van der Waals surface area contributed by atoms with E-state index in [1.165, 1.54) is 6.07 Å². The third-order valence-electron chi connectivity index (χ3n) is 4.17. The molecule has 1 amide bonds. The fourth-order valence-corrected chi connectivity index (χ4v) is 2.93. The smallest absolute Gasteiger partial charge is 0.417 e. The Morgan fingerprint density at radius 1 is 1.35 bits per heavy atom. The molecule has 2 fully saturated rings. The average molecular weight is 329 g/mol. The molecule has 0 aliphatic carbocycles. The van der Waals surface area contributed by atoms with E-state index in [0.717, 1.165) is 31.6 Å². The topological polar surface area (TPSA) is 54.5 Å². The Kier molecular flexibility index (Phi) is 4.43. The van der Waals surface area contributed by atoms with Crippen LogP contribution in [0.1, 0.15) is 24.8 Å². The number of amides is 1. The van der Waals surface area contributed by atoms with Crippen molar-refractivity contribution in [2.75, 3.05) is 19.6 Å². The molecule has 23 heavy (non-hydrogen) atoms. The minimum atomic E-state index is -4.41. The Morgan fingerprint density at radius 2 is 2.17 bits per heavy atom. The Bertz CT molecular complexity index is 556. The number of alkyl halides is 3. The van der Waals surface area contributed by atoms with Gasteiger partial charge >= 0.3 is 6.18 Å². The van der Waals surface area contributed by atoms with Crippen LogP contribution in [0.3, 0.4) is 0 Å². The molecule has 2 aliphatic heterocycles. The summed E-state index contributed by atoms with van der Waals surface area (Å²) in [6.07, 6.45) is -1.38. The van der Waals surface area contributed by atoms with Crippen LogP contribution >= 0.6 is 0 Å². The highest BCUT2D eigenvalue weighted by Gasteiger charge is 2.34. The van der Waals surface area contributed by atoms with Gasteiger partial charge in [0.2, 0.25) is 11.8 Å². The SMILES string of the molecule is O=C([C@@H]1CCCN1)N1CC[C@@H](Oc2ccc(C(F)(F)F)cn2)C1. The molecule has 0 radical (unpaired) electrons. The predicted molar refractivity (Wildman–Crippen MR) is 75.9 cm³/mol. The van der Waals surface area contributed by atoms with Gasteiger partial charge < -0.3 is 15.0 Å². The van der Waals surface area contributed by atoms with E-state index >= 15 is 0 Å². The van der Waals surface area contributed by atoms with E-state index in [1.807, 2.05) is 0 Å². The van der Waals surface area contributed by atoms with Gasteiger partial charge in [0.1, 0.15) is 6.10 Å². The minimum absolute atomic E-state index is 0.0778. The van der Waals surface area contributed by atoms with Gasteiger partial charge in [-0.2, -0.15) is 13.2 Å². The van der Waals surface area contributed by atoms with Crippen LogP contribution in [0.4, 0.5) is 13.2 Å². The Labute approximate surface area is 131 Å². The number of carbonyl (C=O) groups is 1. The Morgan fingerprint density at radius 3 is 2.78 bits per heavy atom. The first-order valence-electron chi connectivity index (χ1n) is 7.65. The molecule has 3 rings (SSSR count). The molecule has 1 aromatic rings. The zero-order chi connectivity index (χ0) is 16.4. The molecule has 2 atom stereocenters. The van der Waals surface area contributed by atoms with Gasteiger partial charge in [-0.15, -0.1) is 0 Å². The molecule has 2 saturated heterocycles. The lowest BCUT2D eigenvalue weighted by molar-refractivity contribution is -0.138. The van der Waals surface area contributed by atoms with Gasteiger partial charge in [-0.25, -0.2) is 4.98 Å². The first-order chi connectivity index (χ1) is 10.9. The lowest BCUT2D eigenvalue weighted by atomic mass is 10.2. The number of nitrogens with zero attached hydrogens (tertiary/aromatic N) is 2. The number of hydrogen-bond acceptors (Lipinski definition) is 4. The molecule has 5 nitrogen and oxygen atoms in total. The van der Waals surface area contributed by atoms with Crippen molar-refractivity contribution < 1.29 is 22.7 Å². The molecule has 126 valence electrons. The van der Waals surface area contributed by atoms with Crippen LogP contribution in [-0.2, 0) is 11.0 Å². The van der Waals surface area contributed by atoms with Crippen LogP contribution in [-0.4, -0.2) is 47.6 Å².